The summed E-state index contributed by atoms with van der Waals surface area (Å²) in [5.41, 5.74) is 5.60. The number of halogens is 4. The van der Waals surface area contributed by atoms with E-state index in [4.69, 9.17) is 28.9 Å². The van der Waals surface area contributed by atoms with Crippen LogP contribution in [0.4, 0.5) is 8.78 Å². The van der Waals surface area contributed by atoms with E-state index in [0.717, 1.165) is 16.6 Å². The van der Waals surface area contributed by atoms with Crippen LogP contribution in [0.5, 0.6) is 0 Å². The fourth-order valence-electron chi connectivity index (χ4n) is 5.06. The minimum absolute atomic E-state index is 0.0293. The van der Waals surface area contributed by atoms with Gasteiger partial charge in [0.25, 0.3) is 11.5 Å². The van der Waals surface area contributed by atoms with E-state index >= 15 is 8.78 Å². The first-order valence-corrected chi connectivity index (χ1v) is 12.5. The number of nitrogens with two attached hydrogens (primary N) is 1. The molecule has 6 nitrogen and oxygen atoms in total. The van der Waals surface area contributed by atoms with Crippen LogP contribution in [0.2, 0.25) is 10.0 Å². The Balaban J connectivity index is 1.63. The van der Waals surface area contributed by atoms with E-state index in [2.05, 4.69) is 16.9 Å². The molecule has 38 heavy (non-hydrogen) atoms. The smallest absolute Gasteiger partial charge is 0.274 e. The molecule has 1 aliphatic carbocycles. The predicted molar refractivity (Wildman–Crippen MR) is 142 cm³/mol. The molecule has 5 rings (SSSR count). The van der Waals surface area contributed by atoms with Crippen LogP contribution in [0.1, 0.15) is 52.0 Å². The molecule has 10 heteroatoms. The lowest BCUT2D eigenvalue weighted by Gasteiger charge is -2.19. The van der Waals surface area contributed by atoms with Crippen molar-refractivity contribution in [1.82, 2.24) is 14.5 Å². The fourth-order valence-corrected chi connectivity index (χ4v) is 5.50. The molecule has 2 atom stereocenters. The van der Waals surface area contributed by atoms with Gasteiger partial charge in [-0.05, 0) is 67.1 Å². The molecule has 1 aromatic carbocycles. The molecule has 0 aliphatic heterocycles. The number of rotatable bonds is 5. The van der Waals surface area contributed by atoms with Crippen LogP contribution in [-0.4, -0.2) is 20.4 Å². The SMILES string of the molecule is Cc1cnc(-c2cccc(C(N)=O)c2F)c(F)c1-n1c(C)cc([C@@H]2C[C@@]2(C)c2cncc(Cl)c2)c(Cl)c1=O. The second-order valence-corrected chi connectivity index (χ2v) is 10.6. The van der Waals surface area contributed by atoms with Gasteiger partial charge in [-0.2, -0.15) is 0 Å². The van der Waals surface area contributed by atoms with Crippen molar-refractivity contribution in [1.29, 1.82) is 0 Å². The van der Waals surface area contributed by atoms with E-state index < -0.39 is 28.7 Å². The standard InChI is InChI=1S/C28H22Cl2F2N4O2/c1-13-10-35-24(17-5-4-6-18(22(17)31)26(33)37)23(32)25(13)36-14(2)7-19(21(30)27(36)38)20-9-28(20,3)15-8-16(29)12-34-11-15/h4-8,10-12,20H,9H2,1-3H3,(H2,33,37)/t20-,28-/m0/s1. The molecule has 1 amide bonds. The Morgan fingerprint density at radius 1 is 1.13 bits per heavy atom. The second-order valence-electron chi connectivity index (χ2n) is 9.75. The normalized spacial score (nSPS) is 18.4. The quantitative estimate of drug-likeness (QED) is 0.325. The van der Waals surface area contributed by atoms with Crippen LogP contribution in [-0.2, 0) is 5.41 Å². The molecule has 0 spiro atoms. The van der Waals surface area contributed by atoms with Crippen LogP contribution in [0, 0.1) is 25.5 Å². The molecule has 0 unspecified atom stereocenters. The third-order valence-electron chi connectivity index (χ3n) is 7.26. The molecule has 3 aromatic heterocycles. The zero-order valence-electron chi connectivity index (χ0n) is 20.7. The largest absolute Gasteiger partial charge is 0.366 e. The van der Waals surface area contributed by atoms with E-state index in [9.17, 15) is 9.59 Å². The molecule has 1 aliphatic rings. The number of hydrogen-bond acceptors (Lipinski definition) is 4. The molecule has 194 valence electrons. The van der Waals surface area contributed by atoms with Gasteiger partial charge in [0, 0.05) is 35.3 Å². The molecule has 0 saturated heterocycles. The third kappa shape index (κ3) is 4.08. The number of nitrogens with zero attached hydrogens (tertiary/aromatic N) is 3. The molecular weight excluding hydrogens is 533 g/mol. The molecule has 0 bridgehead atoms. The second kappa shape index (κ2) is 9.29. The summed E-state index contributed by atoms with van der Waals surface area (Å²) in [6, 6.07) is 7.48. The van der Waals surface area contributed by atoms with E-state index in [0.29, 0.717) is 21.8 Å². The zero-order valence-corrected chi connectivity index (χ0v) is 22.2. The maximum atomic E-state index is 16.0. The number of pyridine rings is 3. The lowest BCUT2D eigenvalue weighted by atomic mass is 9.94. The summed E-state index contributed by atoms with van der Waals surface area (Å²) in [6.45, 7) is 5.31. The third-order valence-corrected chi connectivity index (χ3v) is 7.84. The summed E-state index contributed by atoms with van der Waals surface area (Å²) in [6.07, 6.45) is 5.37. The zero-order chi connectivity index (χ0) is 27.5. The van der Waals surface area contributed by atoms with Crippen LogP contribution in [0.3, 0.4) is 0 Å². The monoisotopic (exact) mass is 554 g/mol. The lowest BCUT2D eigenvalue weighted by Crippen LogP contribution is -2.25. The number of amides is 1. The van der Waals surface area contributed by atoms with Crippen molar-refractivity contribution < 1.29 is 13.6 Å². The average Bonchev–Trinajstić information content (AvgIpc) is 3.56. The van der Waals surface area contributed by atoms with Gasteiger partial charge in [0.2, 0.25) is 0 Å². The van der Waals surface area contributed by atoms with Gasteiger partial charge in [-0.25, -0.2) is 8.78 Å². The maximum absolute atomic E-state index is 16.0. The summed E-state index contributed by atoms with van der Waals surface area (Å²) >= 11 is 12.8. The van der Waals surface area contributed by atoms with Crippen LogP contribution < -0.4 is 11.3 Å². The van der Waals surface area contributed by atoms with Gasteiger partial charge in [-0.15, -0.1) is 0 Å². The van der Waals surface area contributed by atoms with Gasteiger partial charge in [-0.3, -0.25) is 24.1 Å². The van der Waals surface area contributed by atoms with Gasteiger partial charge in [0.15, 0.2) is 5.82 Å². The Labute approximate surface area is 227 Å². The highest BCUT2D eigenvalue weighted by atomic mass is 35.5. The van der Waals surface area contributed by atoms with Crippen molar-refractivity contribution in [2.24, 2.45) is 5.73 Å². The topological polar surface area (TPSA) is 90.9 Å². The van der Waals surface area contributed by atoms with Crippen LogP contribution in [0.25, 0.3) is 16.9 Å². The van der Waals surface area contributed by atoms with Gasteiger partial charge in [0.05, 0.1) is 16.3 Å². The van der Waals surface area contributed by atoms with Crippen molar-refractivity contribution in [2.75, 3.05) is 0 Å². The van der Waals surface area contributed by atoms with Crippen molar-refractivity contribution >= 4 is 29.1 Å². The number of primary amides is 1. The first-order valence-electron chi connectivity index (χ1n) is 11.7. The Morgan fingerprint density at radius 3 is 2.55 bits per heavy atom. The highest BCUT2D eigenvalue weighted by Crippen LogP contribution is 2.61. The summed E-state index contributed by atoms with van der Waals surface area (Å²) in [5, 5.41) is 0.489. The Morgan fingerprint density at radius 2 is 1.87 bits per heavy atom. The van der Waals surface area contributed by atoms with Crippen LogP contribution in [0.15, 0.2) is 53.7 Å². The Bertz CT molecular complexity index is 1710. The van der Waals surface area contributed by atoms with Gasteiger partial charge < -0.3 is 5.73 Å². The van der Waals surface area contributed by atoms with E-state index in [-0.39, 0.29) is 33.3 Å². The summed E-state index contributed by atoms with van der Waals surface area (Å²) in [7, 11) is 0. The Hall–Kier alpha value is -3.62. The van der Waals surface area contributed by atoms with E-state index in [1.807, 2.05) is 6.07 Å². The van der Waals surface area contributed by atoms with Crippen molar-refractivity contribution in [2.45, 2.75) is 38.5 Å². The van der Waals surface area contributed by atoms with Gasteiger partial charge in [-0.1, -0.05) is 36.2 Å². The minimum Gasteiger partial charge on any atom is -0.366 e. The number of carbonyl (C=O) groups is 1. The van der Waals surface area contributed by atoms with Crippen molar-refractivity contribution in [3.63, 3.8) is 0 Å². The highest BCUT2D eigenvalue weighted by Gasteiger charge is 2.53. The number of carbonyl (C=O) groups excluding carboxylic acids is 1. The lowest BCUT2D eigenvalue weighted by molar-refractivity contribution is 0.0996. The number of aryl methyl sites for hydroxylation is 2. The highest BCUT2D eigenvalue weighted by molar-refractivity contribution is 6.31. The van der Waals surface area contributed by atoms with Gasteiger partial charge >= 0.3 is 0 Å². The molecule has 1 fully saturated rings. The molecule has 0 radical (unpaired) electrons. The van der Waals surface area contributed by atoms with Gasteiger partial charge in [0.1, 0.15) is 16.5 Å². The molecular formula is C28H22Cl2F2N4O2. The Kier molecular flexibility index (Phi) is 6.36. The molecule has 4 aromatic rings. The first kappa shape index (κ1) is 26.0. The summed E-state index contributed by atoms with van der Waals surface area (Å²) in [5.74, 6) is -2.98. The fraction of sp³-hybridized carbons (Fsp3) is 0.214. The molecule has 3 heterocycles. The first-order chi connectivity index (χ1) is 18.0. The summed E-state index contributed by atoms with van der Waals surface area (Å²) in [4.78, 5) is 33.4. The minimum atomic E-state index is -0.998. The van der Waals surface area contributed by atoms with Crippen molar-refractivity contribution in [3.8, 4) is 16.9 Å². The molecule has 2 N–H and O–H groups in total. The van der Waals surface area contributed by atoms with E-state index in [1.54, 1.807) is 32.3 Å². The van der Waals surface area contributed by atoms with Crippen molar-refractivity contribution in [3.05, 3.63) is 109 Å². The van der Waals surface area contributed by atoms with E-state index in [1.165, 1.54) is 24.4 Å². The van der Waals surface area contributed by atoms with Crippen LogP contribution >= 0.6 is 23.2 Å². The maximum Gasteiger partial charge on any atom is 0.274 e. The molecule has 1 saturated carbocycles. The number of benzene rings is 1. The summed E-state index contributed by atoms with van der Waals surface area (Å²) < 4.78 is 32.2. The number of hydrogen-bond donors (Lipinski definition) is 1. The number of aromatic nitrogens is 3. The predicted octanol–water partition coefficient (Wildman–Crippen LogP) is 6.04. The average molecular weight is 555 g/mol.